The van der Waals surface area contributed by atoms with Crippen molar-refractivity contribution in [2.75, 3.05) is 0 Å². The van der Waals surface area contributed by atoms with Crippen LogP contribution in [0.2, 0.25) is 0 Å². The van der Waals surface area contributed by atoms with Crippen molar-refractivity contribution in [3.8, 4) is 0 Å². The third kappa shape index (κ3) is 2.80. The van der Waals surface area contributed by atoms with E-state index in [4.69, 9.17) is 23.4 Å². The number of fused-ring (bicyclic) bond motifs is 1. The van der Waals surface area contributed by atoms with Gasteiger partial charge in [0.05, 0.1) is 6.10 Å². The van der Waals surface area contributed by atoms with Crippen molar-refractivity contribution >= 4 is 0 Å². The van der Waals surface area contributed by atoms with Gasteiger partial charge in [-0.25, -0.2) is 0 Å². The molecule has 2 aliphatic heterocycles. The Morgan fingerprint density at radius 1 is 1.32 bits per heavy atom. The van der Waals surface area contributed by atoms with E-state index in [0.29, 0.717) is 5.76 Å². The fourth-order valence-corrected chi connectivity index (χ4v) is 2.96. The molecule has 0 bridgehead atoms. The smallest absolute Gasteiger partial charge is 0.278 e. The van der Waals surface area contributed by atoms with Gasteiger partial charge in [0.2, 0.25) is 0 Å². The number of furan rings is 1. The first-order chi connectivity index (χ1) is 10.5. The largest absolute Gasteiger partial charge is 0.433 e. The summed E-state index contributed by atoms with van der Waals surface area (Å²) in [7, 11) is 0. The van der Waals surface area contributed by atoms with Crippen LogP contribution < -0.4 is 0 Å². The highest BCUT2D eigenvalue weighted by molar-refractivity contribution is 5.14. The van der Waals surface area contributed by atoms with Crippen molar-refractivity contribution < 1.29 is 27.8 Å². The summed E-state index contributed by atoms with van der Waals surface area (Å²) in [5.74, 6) is -0.143. The molecule has 1 aromatic heterocycles. The van der Waals surface area contributed by atoms with Crippen molar-refractivity contribution in [2.24, 2.45) is 0 Å². The molecule has 5 atom stereocenters. The molecule has 0 aliphatic carbocycles. The van der Waals surface area contributed by atoms with Gasteiger partial charge in [0.25, 0.3) is 6.01 Å². The minimum atomic E-state index is -0.637. The average Bonchev–Trinajstić information content (AvgIpc) is 3.07. The summed E-state index contributed by atoms with van der Waals surface area (Å²) in [6.45, 7) is 7.91. The van der Waals surface area contributed by atoms with E-state index >= 15 is 0 Å². The Bertz CT molecular complexity index is 531. The topological polar surface area (TPSA) is 50.1 Å². The number of hydrogen-bond donors (Lipinski definition) is 0. The molecule has 2 fully saturated rings. The first-order valence-electron chi connectivity index (χ1n) is 7.83. The Morgan fingerprint density at radius 3 is 2.68 bits per heavy atom. The van der Waals surface area contributed by atoms with Crippen LogP contribution in [0.3, 0.4) is 0 Å². The Labute approximate surface area is 129 Å². The second kappa shape index (κ2) is 5.92. The number of halogens is 1. The molecular weight excluding hydrogens is 291 g/mol. The molecule has 0 saturated carbocycles. The van der Waals surface area contributed by atoms with E-state index in [0.717, 1.165) is 18.4 Å². The monoisotopic (exact) mass is 314 g/mol. The van der Waals surface area contributed by atoms with Gasteiger partial charge in [0.1, 0.15) is 24.6 Å². The van der Waals surface area contributed by atoms with Gasteiger partial charge in [-0.05, 0) is 32.3 Å². The number of ether oxygens (including phenoxy) is 4. The van der Waals surface area contributed by atoms with Crippen LogP contribution in [0.25, 0.3) is 0 Å². The maximum Gasteiger partial charge on any atom is 0.278 e. The zero-order valence-corrected chi connectivity index (χ0v) is 13.4. The molecular formula is C16H23FO5. The zero-order valence-electron chi connectivity index (χ0n) is 13.4. The lowest BCUT2D eigenvalue weighted by atomic mass is 10.1. The van der Waals surface area contributed by atoms with Crippen LogP contribution in [-0.4, -0.2) is 30.4 Å². The molecule has 0 aromatic carbocycles. The van der Waals surface area contributed by atoms with Crippen molar-refractivity contribution in [2.45, 2.75) is 77.5 Å². The Balaban J connectivity index is 1.69. The van der Waals surface area contributed by atoms with Crippen LogP contribution in [-0.2, 0) is 25.6 Å². The minimum Gasteiger partial charge on any atom is -0.433 e. The van der Waals surface area contributed by atoms with E-state index in [-0.39, 0.29) is 24.9 Å². The predicted octanol–water partition coefficient (Wildman–Crippen LogP) is 3.29. The van der Waals surface area contributed by atoms with Gasteiger partial charge < -0.3 is 23.4 Å². The molecule has 2 aliphatic rings. The normalized spacial score (nSPS) is 37.7. The maximum atomic E-state index is 13.1. The van der Waals surface area contributed by atoms with Gasteiger partial charge in [-0.1, -0.05) is 13.8 Å². The van der Waals surface area contributed by atoms with Crippen molar-refractivity contribution in [3.05, 3.63) is 23.4 Å². The van der Waals surface area contributed by atoms with Crippen LogP contribution in [0.4, 0.5) is 4.39 Å². The third-order valence-electron chi connectivity index (χ3n) is 4.46. The van der Waals surface area contributed by atoms with Crippen molar-refractivity contribution in [1.82, 2.24) is 0 Å². The molecule has 5 nitrogen and oxygen atoms in total. The van der Waals surface area contributed by atoms with Crippen LogP contribution in [0.1, 0.15) is 44.9 Å². The molecule has 0 spiro atoms. The summed E-state index contributed by atoms with van der Waals surface area (Å²) in [6, 6.07) is 0.760. The molecule has 124 valence electrons. The minimum absolute atomic E-state index is 0.100. The van der Waals surface area contributed by atoms with Crippen molar-refractivity contribution in [3.63, 3.8) is 0 Å². The second-order valence-electron chi connectivity index (χ2n) is 6.07. The van der Waals surface area contributed by atoms with Crippen molar-refractivity contribution in [1.29, 1.82) is 0 Å². The van der Waals surface area contributed by atoms with Crippen LogP contribution in [0.15, 0.2) is 10.5 Å². The van der Waals surface area contributed by atoms with Gasteiger partial charge >= 0.3 is 0 Å². The quantitative estimate of drug-likeness (QED) is 0.834. The summed E-state index contributed by atoms with van der Waals surface area (Å²) in [5.41, 5.74) is 0.739. The van der Waals surface area contributed by atoms with Gasteiger partial charge in [-0.2, -0.15) is 4.39 Å². The lowest BCUT2D eigenvalue weighted by Crippen LogP contribution is -2.37. The summed E-state index contributed by atoms with van der Waals surface area (Å²) in [4.78, 5) is 0. The van der Waals surface area contributed by atoms with Crippen LogP contribution in [0, 0.1) is 12.9 Å². The first-order valence-corrected chi connectivity index (χ1v) is 7.83. The Hall–Kier alpha value is -0.950. The highest BCUT2D eigenvalue weighted by Crippen LogP contribution is 2.41. The third-order valence-corrected chi connectivity index (χ3v) is 4.46. The number of hydrogen-bond acceptors (Lipinski definition) is 5. The molecule has 3 rings (SSSR count). The maximum absolute atomic E-state index is 13.1. The summed E-state index contributed by atoms with van der Waals surface area (Å²) < 4.78 is 41.8. The lowest BCUT2D eigenvalue weighted by molar-refractivity contribution is -0.229. The number of rotatable bonds is 5. The molecule has 0 amide bonds. The Kier molecular flexibility index (Phi) is 4.29. The van der Waals surface area contributed by atoms with Gasteiger partial charge in [0.15, 0.2) is 12.1 Å². The molecule has 0 radical (unpaired) electrons. The molecule has 3 heterocycles. The molecule has 22 heavy (non-hydrogen) atoms. The van der Waals surface area contributed by atoms with E-state index in [1.807, 2.05) is 20.8 Å². The highest BCUT2D eigenvalue weighted by Gasteiger charge is 2.55. The fraction of sp³-hybridized carbons (Fsp3) is 0.750. The number of aryl methyl sites for hydroxylation is 1. The Morgan fingerprint density at radius 2 is 2.09 bits per heavy atom. The van der Waals surface area contributed by atoms with E-state index in [1.165, 1.54) is 6.07 Å². The molecule has 2 saturated heterocycles. The van der Waals surface area contributed by atoms with E-state index < -0.39 is 18.1 Å². The molecule has 1 unspecified atom stereocenters. The van der Waals surface area contributed by atoms with Gasteiger partial charge in [-0.3, -0.25) is 0 Å². The SMILES string of the molecule is CC[C@H]1O[C@@H]2OC(C)(CC)O[C@@H]2[C@H]1OCc1oc(F)cc1C. The molecule has 1 aromatic rings. The fourth-order valence-electron chi connectivity index (χ4n) is 2.96. The second-order valence-corrected chi connectivity index (χ2v) is 6.07. The first kappa shape index (κ1) is 15.9. The summed E-state index contributed by atoms with van der Waals surface area (Å²) in [6.07, 6.45) is 0.491. The zero-order chi connectivity index (χ0) is 15.9. The van der Waals surface area contributed by atoms with Gasteiger partial charge in [0, 0.05) is 6.07 Å². The molecule has 0 N–H and O–H groups in total. The molecule has 6 heteroatoms. The van der Waals surface area contributed by atoms with E-state index in [9.17, 15) is 4.39 Å². The average molecular weight is 314 g/mol. The summed E-state index contributed by atoms with van der Waals surface area (Å²) >= 11 is 0. The van der Waals surface area contributed by atoms with E-state index in [2.05, 4.69) is 0 Å². The summed E-state index contributed by atoms with van der Waals surface area (Å²) in [5, 5.41) is 0. The predicted molar refractivity (Wildman–Crippen MR) is 75.6 cm³/mol. The van der Waals surface area contributed by atoms with Crippen LogP contribution in [0.5, 0.6) is 0 Å². The van der Waals surface area contributed by atoms with Crippen LogP contribution >= 0.6 is 0 Å². The standard InChI is InChI=1S/C16H23FO5/c1-5-10-13(18-8-11-9(3)7-12(17)19-11)14-15(20-10)22-16(4,6-2)21-14/h7,10,13-15H,5-6,8H2,1-4H3/t10-,13+,14-,15-,16?/m1/s1. The van der Waals surface area contributed by atoms with Gasteiger partial charge in [-0.15, -0.1) is 0 Å². The highest BCUT2D eigenvalue weighted by atomic mass is 19.1. The lowest BCUT2D eigenvalue weighted by Gasteiger charge is -2.27. The van der Waals surface area contributed by atoms with E-state index in [1.54, 1.807) is 6.92 Å².